The third-order valence-electron chi connectivity index (χ3n) is 5.53. The van der Waals surface area contributed by atoms with Gasteiger partial charge in [-0.3, -0.25) is 19.0 Å². The van der Waals surface area contributed by atoms with Gasteiger partial charge in [-0.25, -0.2) is 18.7 Å². The van der Waals surface area contributed by atoms with Gasteiger partial charge >= 0.3 is 0 Å². The zero-order valence-corrected chi connectivity index (χ0v) is 19.5. The van der Waals surface area contributed by atoms with Crippen LogP contribution < -0.4 is 4.90 Å². The molecular weight excluding hydrogens is 472 g/mol. The molecule has 0 radical (unpaired) electrons. The van der Waals surface area contributed by atoms with Crippen molar-refractivity contribution < 1.29 is 18.3 Å². The number of carbonyl (C=O) groups is 1. The zero-order chi connectivity index (χ0) is 22.2. The minimum atomic E-state index is -0.742. The molecule has 4 heterocycles. The molecule has 1 fully saturated rings. The van der Waals surface area contributed by atoms with Gasteiger partial charge in [-0.1, -0.05) is 17.4 Å². The molecule has 0 unspecified atom stereocenters. The third-order valence-corrected chi connectivity index (χ3v) is 6.55. The average molecular weight is 494 g/mol. The van der Waals surface area contributed by atoms with Gasteiger partial charge in [-0.15, -0.1) is 12.4 Å². The van der Waals surface area contributed by atoms with E-state index in [0.29, 0.717) is 53.2 Å². The second kappa shape index (κ2) is 9.68. The molecule has 3 aromatic heterocycles. The Morgan fingerprint density at radius 2 is 2.00 bits per heavy atom. The number of imidazole rings is 1. The number of carbonyl (C=O) groups excluding carboxylic acids is 1. The van der Waals surface area contributed by atoms with Gasteiger partial charge in [0.25, 0.3) is 5.91 Å². The zero-order valence-electron chi connectivity index (χ0n) is 17.8. The number of aryl methyl sites for hydroxylation is 1. The molecule has 1 amide bonds. The lowest BCUT2D eigenvalue weighted by Crippen LogP contribution is -2.43. The van der Waals surface area contributed by atoms with Gasteiger partial charge in [0.15, 0.2) is 10.9 Å². The fourth-order valence-corrected chi connectivity index (χ4v) is 4.94. The maximum Gasteiger partial charge on any atom is 0.279 e. The maximum atomic E-state index is 14.3. The van der Waals surface area contributed by atoms with E-state index in [-0.39, 0.29) is 23.8 Å². The number of aromatic nitrogens is 3. The molecule has 0 saturated carbocycles. The molecule has 11 heteroatoms. The maximum absolute atomic E-state index is 14.3. The molecule has 0 atom stereocenters. The normalized spacial score (nSPS) is 14.5. The van der Waals surface area contributed by atoms with E-state index >= 15 is 0 Å². The fraction of sp³-hybridized carbons (Fsp3) is 0.318. The van der Waals surface area contributed by atoms with Crippen LogP contribution in [0.1, 0.15) is 16.2 Å². The average Bonchev–Trinajstić information content (AvgIpc) is 3.34. The van der Waals surface area contributed by atoms with Gasteiger partial charge in [0.2, 0.25) is 0 Å². The highest BCUT2D eigenvalue weighted by Gasteiger charge is 2.27. The van der Waals surface area contributed by atoms with Crippen LogP contribution in [0.4, 0.5) is 13.9 Å². The molecule has 7 nitrogen and oxygen atoms in total. The number of benzene rings is 1. The number of ether oxygens (including phenoxy) is 1. The van der Waals surface area contributed by atoms with Crippen molar-refractivity contribution in [1.82, 2.24) is 19.3 Å². The first-order chi connectivity index (χ1) is 15.5. The molecule has 1 saturated heterocycles. The summed E-state index contributed by atoms with van der Waals surface area (Å²) in [6.45, 7) is 5.58. The minimum Gasteiger partial charge on any atom is -0.379 e. The Bertz CT molecular complexity index is 1300. The van der Waals surface area contributed by atoms with E-state index in [1.54, 1.807) is 22.4 Å². The second-order valence-electron chi connectivity index (χ2n) is 7.62. The fourth-order valence-electron chi connectivity index (χ4n) is 3.91. The van der Waals surface area contributed by atoms with Crippen LogP contribution >= 0.6 is 23.7 Å². The number of morpholine rings is 1. The van der Waals surface area contributed by atoms with Crippen LogP contribution in [0.15, 0.2) is 36.5 Å². The van der Waals surface area contributed by atoms with Crippen LogP contribution in [0.2, 0.25) is 0 Å². The van der Waals surface area contributed by atoms with Crippen molar-refractivity contribution in [3.8, 4) is 0 Å². The van der Waals surface area contributed by atoms with Crippen molar-refractivity contribution in [2.24, 2.45) is 0 Å². The summed E-state index contributed by atoms with van der Waals surface area (Å²) in [4.78, 5) is 26.4. The predicted octanol–water partition coefficient (Wildman–Crippen LogP) is 3.93. The van der Waals surface area contributed by atoms with Gasteiger partial charge in [0.05, 0.1) is 23.6 Å². The first-order valence-electron chi connectivity index (χ1n) is 10.3. The van der Waals surface area contributed by atoms with E-state index in [0.717, 1.165) is 30.5 Å². The molecule has 0 bridgehead atoms. The highest BCUT2D eigenvalue weighted by molar-refractivity contribution is 7.22. The Balaban J connectivity index is 0.00000259. The summed E-state index contributed by atoms with van der Waals surface area (Å²) in [7, 11) is 0. The smallest absolute Gasteiger partial charge is 0.279 e. The third kappa shape index (κ3) is 4.56. The van der Waals surface area contributed by atoms with Gasteiger partial charge in [0.1, 0.15) is 22.7 Å². The first-order valence-corrected chi connectivity index (χ1v) is 11.1. The molecule has 1 aliphatic rings. The lowest BCUT2D eigenvalue weighted by atomic mass is 10.3. The number of amides is 1. The summed E-state index contributed by atoms with van der Waals surface area (Å²) in [5.74, 6) is -1.70. The van der Waals surface area contributed by atoms with Crippen molar-refractivity contribution in [1.29, 1.82) is 0 Å². The standard InChI is InChI=1S/C22H21F2N5O2S.ClH/c1-14-20(28-5-3-2-4-18(28)25-14)21(30)29(7-6-27-8-10-31-11-9-27)22-26-19-16(24)12-15(23)13-17(19)32-22;/h2-5,12-13H,6-11H2,1H3;1H. The van der Waals surface area contributed by atoms with Crippen LogP contribution in [-0.2, 0) is 4.74 Å². The predicted molar refractivity (Wildman–Crippen MR) is 126 cm³/mol. The molecule has 174 valence electrons. The second-order valence-corrected chi connectivity index (χ2v) is 8.63. The summed E-state index contributed by atoms with van der Waals surface area (Å²) in [5, 5.41) is 0.327. The van der Waals surface area contributed by atoms with E-state index in [4.69, 9.17) is 4.74 Å². The van der Waals surface area contributed by atoms with Crippen molar-refractivity contribution in [2.75, 3.05) is 44.3 Å². The number of fused-ring (bicyclic) bond motifs is 2. The summed E-state index contributed by atoms with van der Waals surface area (Å²) < 4.78 is 35.6. The van der Waals surface area contributed by atoms with E-state index in [1.165, 1.54) is 6.07 Å². The molecule has 1 aliphatic heterocycles. The SMILES string of the molecule is Cc1nc2ccccn2c1C(=O)N(CCN1CCOCC1)c1nc2c(F)cc(F)cc2s1.Cl. The van der Waals surface area contributed by atoms with Crippen molar-refractivity contribution in [3.63, 3.8) is 0 Å². The largest absolute Gasteiger partial charge is 0.379 e. The molecule has 33 heavy (non-hydrogen) atoms. The number of nitrogens with zero attached hydrogens (tertiary/aromatic N) is 5. The number of hydrogen-bond acceptors (Lipinski definition) is 6. The summed E-state index contributed by atoms with van der Waals surface area (Å²) in [5.41, 5.74) is 1.74. The van der Waals surface area contributed by atoms with E-state index in [9.17, 15) is 13.6 Å². The minimum absolute atomic E-state index is 0. The van der Waals surface area contributed by atoms with Crippen LogP contribution in [-0.4, -0.2) is 64.6 Å². The van der Waals surface area contributed by atoms with Crippen LogP contribution in [0, 0.1) is 18.6 Å². The lowest BCUT2D eigenvalue weighted by molar-refractivity contribution is 0.0391. The van der Waals surface area contributed by atoms with Crippen molar-refractivity contribution in [2.45, 2.75) is 6.92 Å². The van der Waals surface area contributed by atoms with Crippen LogP contribution in [0.25, 0.3) is 15.9 Å². The Morgan fingerprint density at radius 1 is 1.21 bits per heavy atom. The molecule has 0 spiro atoms. The number of hydrogen-bond donors (Lipinski definition) is 0. The van der Waals surface area contributed by atoms with Crippen LogP contribution in [0.3, 0.4) is 0 Å². The summed E-state index contributed by atoms with van der Waals surface area (Å²) >= 11 is 1.10. The van der Waals surface area contributed by atoms with Crippen LogP contribution in [0.5, 0.6) is 0 Å². The lowest BCUT2D eigenvalue weighted by Gasteiger charge is -2.29. The number of pyridine rings is 1. The van der Waals surface area contributed by atoms with Crippen molar-refractivity contribution >= 4 is 50.6 Å². The Hall–Kier alpha value is -2.66. The monoisotopic (exact) mass is 493 g/mol. The molecule has 1 aromatic carbocycles. The summed E-state index contributed by atoms with van der Waals surface area (Å²) in [6.07, 6.45) is 1.79. The van der Waals surface area contributed by atoms with E-state index in [2.05, 4.69) is 14.9 Å². The molecule has 0 N–H and O–H groups in total. The van der Waals surface area contributed by atoms with Crippen molar-refractivity contribution in [3.05, 3.63) is 59.6 Å². The number of halogens is 3. The quantitative estimate of drug-likeness (QED) is 0.421. The Morgan fingerprint density at radius 3 is 2.79 bits per heavy atom. The van der Waals surface area contributed by atoms with E-state index in [1.807, 2.05) is 18.2 Å². The highest BCUT2D eigenvalue weighted by Crippen LogP contribution is 2.32. The Labute approximate surface area is 199 Å². The van der Waals surface area contributed by atoms with Gasteiger partial charge in [-0.2, -0.15) is 0 Å². The summed E-state index contributed by atoms with van der Waals surface area (Å²) in [6, 6.07) is 7.57. The molecule has 5 rings (SSSR count). The molecule has 0 aliphatic carbocycles. The van der Waals surface area contributed by atoms with Gasteiger partial charge < -0.3 is 4.74 Å². The number of thiazole rings is 1. The Kier molecular flexibility index (Phi) is 6.89. The first kappa shape index (κ1) is 23.5. The number of anilines is 1. The topological polar surface area (TPSA) is 63.0 Å². The highest BCUT2D eigenvalue weighted by atomic mass is 35.5. The van der Waals surface area contributed by atoms with E-state index < -0.39 is 11.6 Å². The van der Waals surface area contributed by atoms with Gasteiger partial charge in [0, 0.05) is 38.4 Å². The molecule has 4 aromatic rings. The number of rotatable bonds is 5. The van der Waals surface area contributed by atoms with Gasteiger partial charge in [-0.05, 0) is 25.1 Å². The molecular formula is C22H22ClF2N5O2S.